The topological polar surface area (TPSA) is 46.6 Å². The third-order valence-electron chi connectivity index (χ3n) is 3.07. The first-order valence-corrected chi connectivity index (χ1v) is 6.15. The number of ether oxygens (including phenoxy) is 1. The normalized spacial score (nSPS) is 14.1. The lowest BCUT2D eigenvalue weighted by atomic mass is 10.2. The van der Waals surface area contributed by atoms with E-state index in [1.807, 2.05) is 0 Å². The second-order valence-corrected chi connectivity index (χ2v) is 4.88. The lowest BCUT2D eigenvalue weighted by Crippen LogP contribution is -2.16. The first kappa shape index (κ1) is 13.5. The minimum atomic E-state index is -0.795. The van der Waals surface area contributed by atoms with Gasteiger partial charge in [0, 0.05) is 25.7 Å². The van der Waals surface area contributed by atoms with Crippen molar-refractivity contribution in [1.82, 2.24) is 0 Å². The molecule has 1 saturated carbocycles. The average Bonchev–Trinajstić information content (AvgIpc) is 3.19. The van der Waals surface area contributed by atoms with Crippen LogP contribution in [-0.4, -0.2) is 32.5 Å². The van der Waals surface area contributed by atoms with Crippen molar-refractivity contribution in [2.75, 3.05) is 25.6 Å². The molecule has 19 heavy (non-hydrogen) atoms. The van der Waals surface area contributed by atoms with Crippen molar-refractivity contribution in [1.29, 1.82) is 0 Å². The van der Waals surface area contributed by atoms with Crippen molar-refractivity contribution in [2.45, 2.75) is 12.8 Å². The molecule has 1 aliphatic rings. The number of Topliss-reactive ketones (excluding diaryl/α,β-unsaturated/α-hetero) is 1. The van der Waals surface area contributed by atoms with E-state index in [0.717, 1.165) is 12.8 Å². The maximum absolute atomic E-state index is 13.7. The molecule has 0 saturated heterocycles. The van der Waals surface area contributed by atoms with Crippen molar-refractivity contribution in [3.8, 4) is 0 Å². The summed E-state index contributed by atoms with van der Waals surface area (Å²) in [6.07, 6.45) is 1.73. The van der Waals surface area contributed by atoms with Gasteiger partial charge >= 0.3 is 5.97 Å². The highest BCUT2D eigenvalue weighted by atomic mass is 19.1. The van der Waals surface area contributed by atoms with E-state index in [-0.39, 0.29) is 23.9 Å². The first-order chi connectivity index (χ1) is 8.99. The number of benzene rings is 1. The van der Waals surface area contributed by atoms with E-state index >= 15 is 0 Å². The average molecular weight is 265 g/mol. The number of halogens is 1. The van der Waals surface area contributed by atoms with Gasteiger partial charge in [-0.3, -0.25) is 4.79 Å². The molecule has 0 N–H and O–H groups in total. The number of hydrogen-bond acceptors (Lipinski definition) is 4. The lowest BCUT2D eigenvalue weighted by molar-refractivity contribution is -0.123. The molecule has 1 aromatic carbocycles. The predicted octanol–water partition coefficient (Wildman–Crippen LogP) is 2.03. The Morgan fingerprint density at radius 1 is 1.37 bits per heavy atom. The Labute approximate surface area is 111 Å². The third kappa shape index (κ3) is 3.30. The molecule has 1 fully saturated rings. The maximum atomic E-state index is 13.7. The van der Waals surface area contributed by atoms with E-state index in [0.29, 0.717) is 5.69 Å². The van der Waals surface area contributed by atoms with Crippen LogP contribution in [0, 0.1) is 11.7 Å². The minimum Gasteiger partial charge on any atom is -0.454 e. The summed E-state index contributed by atoms with van der Waals surface area (Å²) < 4.78 is 18.6. The molecule has 0 unspecified atom stereocenters. The number of carbonyl (C=O) groups excluding carboxylic acids is 2. The third-order valence-corrected chi connectivity index (χ3v) is 3.07. The molecule has 0 aliphatic heterocycles. The van der Waals surface area contributed by atoms with Crippen LogP contribution in [0.1, 0.15) is 23.2 Å². The van der Waals surface area contributed by atoms with Gasteiger partial charge in [0.1, 0.15) is 5.82 Å². The number of hydrogen-bond donors (Lipinski definition) is 0. The summed E-state index contributed by atoms with van der Waals surface area (Å²) in [5, 5.41) is 0. The van der Waals surface area contributed by atoms with Crippen LogP contribution in [-0.2, 0) is 9.53 Å². The first-order valence-electron chi connectivity index (χ1n) is 6.15. The van der Waals surface area contributed by atoms with E-state index in [4.69, 9.17) is 4.74 Å². The number of rotatable bonds is 5. The summed E-state index contributed by atoms with van der Waals surface area (Å²) in [5.41, 5.74) is 0.511. The molecule has 1 aromatic rings. The highest BCUT2D eigenvalue weighted by Crippen LogP contribution is 2.29. The molecule has 4 nitrogen and oxygen atoms in total. The predicted molar refractivity (Wildman–Crippen MR) is 68.7 cm³/mol. The monoisotopic (exact) mass is 265 g/mol. The minimum absolute atomic E-state index is 0.0359. The van der Waals surface area contributed by atoms with E-state index in [9.17, 15) is 14.0 Å². The zero-order chi connectivity index (χ0) is 14.0. The van der Waals surface area contributed by atoms with Gasteiger partial charge in [0.15, 0.2) is 12.4 Å². The zero-order valence-corrected chi connectivity index (χ0v) is 11.0. The number of esters is 1. The number of carbonyl (C=O) groups is 2. The molecule has 0 atom stereocenters. The number of ketones is 1. The molecule has 102 valence electrons. The second kappa shape index (κ2) is 5.38. The fraction of sp³-hybridized carbons (Fsp3) is 0.429. The van der Waals surface area contributed by atoms with Crippen LogP contribution >= 0.6 is 0 Å². The molecule has 1 aliphatic carbocycles. The van der Waals surface area contributed by atoms with Gasteiger partial charge in [-0.25, -0.2) is 9.18 Å². The van der Waals surface area contributed by atoms with E-state index in [2.05, 4.69) is 0 Å². The SMILES string of the molecule is CN(C)c1ccc(C(=O)OCC(=O)C2CC2)c(F)c1. The molecule has 0 radical (unpaired) electrons. The van der Waals surface area contributed by atoms with Crippen molar-refractivity contribution in [3.63, 3.8) is 0 Å². The quantitative estimate of drug-likeness (QED) is 0.764. The second-order valence-electron chi connectivity index (χ2n) is 4.88. The Bertz CT molecular complexity index is 509. The van der Waals surface area contributed by atoms with Gasteiger partial charge in [0.25, 0.3) is 0 Å². The Kier molecular flexibility index (Phi) is 3.83. The zero-order valence-electron chi connectivity index (χ0n) is 11.0. The highest BCUT2D eigenvalue weighted by molar-refractivity contribution is 5.93. The Hall–Kier alpha value is -1.91. The molecule has 0 amide bonds. The Balaban J connectivity index is 2.00. The van der Waals surface area contributed by atoms with Crippen LogP contribution in [0.5, 0.6) is 0 Å². The lowest BCUT2D eigenvalue weighted by Gasteiger charge is -2.13. The van der Waals surface area contributed by atoms with Crippen LogP contribution < -0.4 is 4.90 Å². The smallest absolute Gasteiger partial charge is 0.341 e. The Morgan fingerprint density at radius 3 is 2.58 bits per heavy atom. The van der Waals surface area contributed by atoms with Gasteiger partial charge in [0.05, 0.1) is 5.56 Å². The standard InChI is InChI=1S/C14H16FNO3/c1-16(2)10-5-6-11(12(15)7-10)14(18)19-8-13(17)9-3-4-9/h5-7,9H,3-4,8H2,1-2H3. The van der Waals surface area contributed by atoms with Gasteiger partial charge in [-0.15, -0.1) is 0 Å². The molecule has 0 spiro atoms. The number of anilines is 1. The molecule has 0 heterocycles. The highest BCUT2D eigenvalue weighted by Gasteiger charge is 2.30. The fourth-order valence-electron chi connectivity index (χ4n) is 1.69. The molecule has 2 rings (SSSR count). The van der Waals surface area contributed by atoms with Crippen molar-refractivity contribution in [3.05, 3.63) is 29.6 Å². The van der Waals surface area contributed by atoms with Crippen LogP contribution in [0.15, 0.2) is 18.2 Å². The van der Waals surface area contributed by atoms with E-state index in [1.54, 1.807) is 25.1 Å². The Morgan fingerprint density at radius 2 is 2.05 bits per heavy atom. The summed E-state index contributed by atoms with van der Waals surface area (Å²) >= 11 is 0. The van der Waals surface area contributed by atoms with Crippen LogP contribution in [0.3, 0.4) is 0 Å². The molecule has 0 bridgehead atoms. The largest absolute Gasteiger partial charge is 0.454 e. The molecular weight excluding hydrogens is 249 g/mol. The van der Waals surface area contributed by atoms with Crippen LogP contribution in [0.2, 0.25) is 0 Å². The van der Waals surface area contributed by atoms with Gasteiger partial charge in [-0.2, -0.15) is 0 Å². The summed E-state index contributed by atoms with van der Waals surface area (Å²) in [6, 6.07) is 4.26. The van der Waals surface area contributed by atoms with E-state index < -0.39 is 11.8 Å². The van der Waals surface area contributed by atoms with Gasteiger partial charge < -0.3 is 9.64 Å². The summed E-state index contributed by atoms with van der Waals surface area (Å²) in [7, 11) is 3.56. The van der Waals surface area contributed by atoms with E-state index in [1.165, 1.54) is 12.1 Å². The maximum Gasteiger partial charge on any atom is 0.341 e. The van der Waals surface area contributed by atoms with Gasteiger partial charge in [-0.05, 0) is 31.0 Å². The summed E-state index contributed by atoms with van der Waals surface area (Å²) in [4.78, 5) is 24.8. The number of nitrogens with zero attached hydrogens (tertiary/aromatic N) is 1. The molecule has 5 heteroatoms. The van der Waals surface area contributed by atoms with Crippen molar-refractivity contribution < 1.29 is 18.7 Å². The fourth-order valence-corrected chi connectivity index (χ4v) is 1.69. The van der Waals surface area contributed by atoms with Crippen LogP contribution in [0.4, 0.5) is 10.1 Å². The van der Waals surface area contributed by atoms with Crippen molar-refractivity contribution >= 4 is 17.4 Å². The molecule has 0 aromatic heterocycles. The summed E-state index contributed by atoms with van der Waals surface area (Å²) in [5.74, 6) is -1.49. The van der Waals surface area contributed by atoms with Gasteiger partial charge in [-0.1, -0.05) is 0 Å². The van der Waals surface area contributed by atoms with Crippen LogP contribution in [0.25, 0.3) is 0 Å². The summed E-state index contributed by atoms with van der Waals surface area (Å²) in [6.45, 7) is -0.266. The molecular formula is C14H16FNO3. The van der Waals surface area contributed by atoms with Gasteiger partial charge in [0.2, 0.25) is 0 Å². The van der Waals surface area contributed by atoms with Crippen molar-refractivity contribution in [2.24, 2.45) is 5.92 Å².